The van der Waals surface area contributed by atoms with Crippen molar-refractivity contribution in [2.24, 2.45) is 7.05 Å². The van der Waals surface area contributed by atoms with Gasteiger partial charge in [-0.05, 0) is 79.4 Å². The lowest BCUT2D eigenvalue weighted by Gasteiger charge is -2.32. The van der Waals surface area contributed by atoms with Gasteiger partial charge in [-0.1, -0.05) is 18.2 Å². The van der Waals surface area contributed by atoms with Crippen molar-refractivity contribution in [1.82, 2.24) is 9.88 Å². The number of ether oxygens (including phenoxy) is 1. The van der Waals surface area contributed by atoms with Crippen LogP contribution in [0.5, 0.6) is 0 Å². The first kappa shape index (κ1) is 27.4. The summed E-state index contributed by atoms with van der Waals surface area (Å²) in [5, 5.41) is 34.7. The Bertz CT molecular complexity index is 1380. The Morgan fingerprint density at radius 3 is 2.55 bits per heavy atom. The van der Waals surface area contributed by atoms with Crippen LogP contribution in [-0.4, -0.2) is 65.2 Å². The van der Waals surface area contributed by atoms with Crippen LogP contribution in [0.3, 0.4) is 0 Å². The zero-order valence-corrected chi connectivity index (χ0v) is 22.4. The van der Waals surface area contributed by atoms with E-state index in [0.29, 0.717) is 18.6 Å². The first-order valence-electron chi connectivity index (χ1n) is 13.1. The van der Waals surface area contributed by atoms with Gasteiger partial charge in [-0.3, -0.25) is 4.79 Å². The summed E-state index contributed by atoms with van der Waals surface area (Å²) in [6, 6.07) is 18.8. The third-order valence-corrected chi connectivity index (χ3v) is 7.45. The largest absolute Gasteiger partial charge is 0.390 e. The van der Waals surface area contributed by atoms with Crippen molar-refractivity contribution in [2.75, 3.05) is 31.1 Å². The van der Waals surface area contributed by atoms with Crippen LogP contribution in [0.1, 0.15) is 32.9 Å². The van der Waals surface area contributed by atoms with Crippen molar-refractivity contribution in [1.29, 1.82) is 5.26 Å². The Kier molecular flexibility index (Phi) is 8.52. The summed E-state index contributed by atoms with van der Waals surface area (Å²) in [6.07, 6.45) is -2.35. The monoisotopic (exact) mass is 516 g/mol. The molecule has 1 aliphatic rings. The third kappa shape index (κ3) is 5.46. The van der Waals surface area contributed by atoms with Crippen LogP contribution in [0, 0.1) is 11.3 Å². The van der Waals surface area contributed by atoms with Crippen LogP contribution in [-0.2, 0) is 16.6 Å². The molecule has 1 amide bonds. The summed E-state index contributed by atoms with van der Waals surface area (Å²) < 4.78 is 7.45. The van der Waals surface area contributed by atoms with E-state index in [1.54, 1.807) is 6.92 Å². The van der Waals surface area contributed by atoms with Gasteiger partial charge in [-0.2, -0.15) is 5.26 Å². The molecule has 0 aliphatic carbocycles. The summed E-state index contributed by atoms with van der Waals surface area (Å²) in [4.78, 5) is 15.2. The average Bonchev–Trinajstić information content (AvgIpc) is 3.31. The second kappa shape index (κ2) is 11.8. The number of benzene rings is 2. The molecule has 0 spiro atoms. The molecule has 8 nitrogen and oxygen atoms in total. The van der Waals surface area contributed by atoms with Gasteiger partial charge in [0.25, 0.3) is 5.91 Å². The van der Waals surface area contributed by atoms with Crippen molar-refractivity contribution in [3.8, 4) is 17.3 Å². The van der Waals surface area contributed by atoms with E-state index in [-0.39, 0.29) is 12.1 Å². The third-order valence-electron chi connectivity index (χ3n) is 7.45. The standard InChI is InChI=1S/C30H36N4O4/c1-5-34(6-2)23-10-9-20-15-22(8-7-21(20)16-23)26-12-11-25(33(26)4)19(3)24(17-31)30(37)32-18-28-29(36)27(35)13-14-38-28/h7-12,15-16,27-29,35-36H,5-6,13-14,18H2,1-4H3,(H,32,37)/b24-19+/t27-,28-,29+/m1/s1. The first-order valence-corrected chi connectivity index (χ1v) is 13.1. The molecule has 1 aromatic heterocycles. The van der Waals surface area contributed by atoms with Crippen molar-refractivity contribution in [3.05, 3.63) is 59.8 Å². The van der Waals surface area contributed by atoms with E-state index in [9.17, 15) is 20.3 Å². The van der Waals surface area contributed by atoms with E-state index in [1.165, 1.54) is 11.1 Å². The molecule has 2 heterocycles. The van der Waals surface area contributed by atoms with Crippen molar-refractivity contribution >= 4 is 27.9 Å². The molecule has 1 fully saturated rings. The molecular formula is C30H36N4O4. The van der Waals surface area contributed by atoms with Crippen molar-refractivity contribution < 1.29 is 19.7 Å². The van der Waals surface area contributed by atoms with Crippen LogP contribution in [0.2, 0.25) is 0 Å². The molecular weight excluding hydrogens is 480 g/mol. The number of aliphatic hydroxyl groups is 2. The van der Waals surface area contributed by atoms with E-state index in [2.05, 4.69) is 60.5 Å². The number of amides is 1. The van der Waals surface area contributed by atoms with Gasteiger partial charge in [0.15, 0.2) is 0 Å². The molecule has 3 N–H and O–H groups in total. The fraction of sp³-hybridized carbons (Fsp3) is 0.400. The summed E-state index contributed by atoms with van der Waals surface area (Å²) in [7, 11) is 1.92. The van der Waals surface area contributed by atoms with Gasteiger partial charge in [0.2, 0.25) is 0 Å². The maximum absolute atomic E-state index is 12.9. The zero-order valence-electron chi connectivity index (χ0n) is 22.4. The molecule has 0 radical (unpaired) electrons. The SMILES string of the molecule is CCN(CC)c1ccc2cc(-c3ccc(/C(C)=C(\C#N)C(=O)NC[C@H]4OCC[C@@H](O)[C@@H]4O)n3C)ccc2c1. The molecule has 3 aromatic rings. The minimum Gasteiger partial charge on any atom is -0.390 e. The van der Waals surface area contributed by atoms with E-state index in [1.807, 2.05) is 29.8 Å². The van der Waals surface area contributed by atoms with Gasteiger partial charge in [-0.15, -0.1) is 0 Å². The topological polar surface area (TPSA) is 111 Å². The van der Waals surface area contributed by atoms with Gasteiger partial charge >= 0.3 is 0 Å². The Labute approximate surface area is 223 Å². The summed E-state index contributed by atoms with van der Waals surface area (Å²) in [6.45, 7) is 8.28. The Balaban J connectivity index is 1.56. The molecule has 0 bridgehead atoms. The van der Waals surface area contributed by atoms with Crippen LogP contribution >= 0.6 is 0 Å². The number of nitriles is 1. The fourth-order valence-corrected chi connectivity index (χ4v) is 5.11. The number of fused-ring (bicyclic) bond motifs is 1. The predicted molar refractivity (Wildman–Crippen MR) is 150 cm³/mol. The van der Waals surface area contributed by atoms with Crippen molar-refractivity contribution in [2.45, 2.75) is 45.5 Å². The van der Waals surface area contributed by atoms with E-state index >= 15 is 0 Å². The smallest absolute Gasteiger partial charge is 0.262 e. The molecule has 0 saturated carbocycles. The highest BCUT2D eigenvalue weighted by molar-refractivity contribution is 6.04. The lowest BCUT2D eigenvalue weighted by Crippen LogP contribution is -2.50. The van der Waals surface area contributed by atoms with Crippen LogP contribution in [0.25, 0.3) is 27.6 Å². The van der Waals surface area contributed by atoms with Gasteiger partial charge in [0.1, 0.15) is 23.9 Å². The molecule has 1 saturated heterocycles. The lowest BCUT2D eigenvalue weighted by molar-refractivity contribution is -0.136. The maximum Gasteiger partial charge on any atom is 0.262 e. The maximum atomic E-state index is 12.9. The number of nitrogens with one attached hydrogen (secondary N) is 1. The number of rotatable bonds is 8. The second-order valence-electron chi connectivity index (χ2n) is 9.66. The van der Waals surface area contributed by atoms with E-state index < -0.39 is 24.2 Å². The highest BCUT2D eigenvalue weighted by Crippen LogP contribution is 2.30. The fourth-order valence-electron chi connectivity index (χ4n) is 5.11. The molecule has 2 aromatic carbocycles. The number of hydrogen-bond donors (Lipinski definition) is 3. The average molecular weight is 517 g/mol. The van der Waals surface area contributed by atoms with Crippen LogP contribution in [0.15, 0.2) is 54.1 Å². The number of aliphatic hydroxyl groups excluding tert-OH is 2. The number of anilines is 1. The highest BCUT2D eigenvalue weighted by atomic mass is 16.5. The summed E-state index contributed by atoms with van der Waals surface area (Å²) in [5.41, 5.74) is 4.52. The minimum absolute atomic E-state index is 0.000975. The predicted octanol–water partition coefficient (Wildman–Crippen LogP) is 3.62. The minimum atomic E-state index is -1.08. The number of carbonyl (C=O) groups is 1. The zero-order chi connectivity index (χ0) is 27.4. The molecule has 1 aliphatic heterocycles. The molecule has 200 valence electrons. The Morgan fingerprint density at radius 1 is 1.13 bits per heavy atom. The highest BCUT2D eigenvalue weighted by Gasteiger charge is 2.32. The molecule has 0 unspecified atom stereocenters. The molecule has 3 atom stereocenters. The lowest BCUT2D eigenvalue weighted by atomic mass is 10.0. The Hall–Kier alpha value is -3.64. The van der Waals surface area contributed by atoms with Crippen LogP contribution < -0.4 is 10.2 Å². The quantitative estimate of drug-likeness (QED) is 0.312. The summed E-state index contributed by atoms with van der Waals surface area (Å²) >= 11 is 0. The normalized spacial score (nSPS) is 20.1. The van der Waals surface area contributed by atoms with Gasteiger partial charge < -0.3 is 29.7 Å². The Morgan fingerprint density at radius 2 is 1.84 bits per heavy atom. The van der Waals surface area contributed by atoms with Gasteiger partial charge in [0, 0.05) is 50.4 Å². The molecule has 4 rings (SSSR count). The second-order valence-corrected chi connectivity index (χ2v) is 9.66. The number of nitrogens with zero attached hydrogens (tertiary/aromatic N) is 3. The van der Waals surface area contributed by atoms with E-state index in [0.717, 1.165) is 35.4 Å². The van der Waals surface area contributed by atoms with Crippen molar-refractivity contribution in [3.63, 3.8) is 0 Å². The van der Waals surface area contributed by atoms with Crippen LogP contribution in [0.4, 0.5) is 5.69 Å². The summed E-state index contributed by atoms with van der Waals surface area (Å²) in [5.74, 6) is -0.543. The van der Waals surface area contributed by atoms with E-state index in [4.69, 9.17) is 4.74 Å². The number of aromatic nitrogens is 1. The number of hydrogen-bond acceptors (Lipinski definition) is 6. The van der Waals surface area contributed by atoms with Gasteiger partial charge in [0.05, 0.1) is 6.10 Å². The number of allylic oxidation sites excluding steroid dienone is 1. The number of carbonyl (C=O) groups excluding carboxylic acids is 1. The van der Waals surface area contributed by atoms with Gasteiger partial charge in [-0.25, -0.2) is 0 Å². The molecule has 8 heteroatoms. The molecule has 38 heavy (non-hydrogen) atoms. The first-order chi connectivity index (χ1) is 18.3.